The van der Waals surface area contributed by atoms with Gasteiger partial charge in [0.05, 0.1) is 0 Å². The Morgan fingerprint density at radius 3 is 1.72 bits per heavy atom. The van der Waals surface area contributed by atoms with E-state index in [0.29, 0.717) is 0 Å². The summed E-state index contributed by atoms with van der Waals surface area (Å²) in [5.41, 5.74) is 1.03. The van der Waals surface area contributed by atoms with Gasteiger partial charge in [0.1, 0.15) is 13.3 Å². The highest BCUT2D eigenvalue weighted by Crippen LogP contribution is 2.34. The van der Waals surface area contributed by atoms with Gasteiger partial charge < -0.3 is 0 Å². The van der Waals surface area contributed by atoms with Crippen molar-refractivity contribution < 1.29 is 8.78 Å². The van der Waals surface area contributed by atoms with Crippen LogP contribution in [0.4, 0.5) is 8.78 Å². The molecule has 0 unspecified atom stereocenters. The Labute approximate surface area is 109 Å². The first-order chi connectivity index (χ1) is 8.45. The molecular weight excluding hydrogens is 230 g/mol. The lowest BCUT2D eigenvalue weighted by Gasteiger charge is -2.30. The van der Waals surface area contributed by atoms with Gasteiger partial charge in [-0.05, 0) is 29.4 Å². The minimum Gasteiger partial charge on any atom is -0.250 e. The van der Waals surface area contributed by atoms with Crippen molar-refractivity contribution in [2.75, 3.05) is 13.3 Å². The van der Waals surface area contributed by atoms with E-state index < -0.39 is 18.8 Å². The van der Waals surface area contributed by atoms with Gasteiger partial charge in [0, 0.05) is 5.41 Å². The molecule has 1 aromatic rings. The summed E-state index contributed by atoms with van der Waals surface area (Å²) in [4.78, 5) is 0. The number of rotatable bonds is 6. The maximum absolute atomic E-state index is 13.1. The largest absolute Gasteiger partial charge is 0.250 e. The second-order valence-corrected chi connectivity index (χ2v) is 5.68. The van der Waals surface area contributed by atoms with E-state index in [0.717, 1.165) is 18.4 Å². The third-order valence-electron chi connectivity index (χ3n) is 4.41. The molecule has 0 atom stereocenters. The highest BCUT2D eigenvalue weighted by Gasteiger charge is 2.29. The highest BCUT2D eigenvalue weighted by atomic mass is 19.1. The molecule has 0 aliphatic rings. The topological polar surface area (TPSA) is 0 Å². The highest BCUT2D eigenvalue weighted by molar-refractivity contribution is 5.34. The van der Waals surface area contributed by atoms with Crippen LogP contribution in [0.1, 0.15) is 51.7 Å². The molecule has 2 heteroatoms. The van der Waals surface area contributed by atoms with Gasteiger partial charge in [-0.3, -0.25) is 8.78 Å². The molecule has 0 bridgehead atoms. The summed E-state index contributed by atoms with van der Waals surface area (Å²) in [7, 11) is 0. The van der Waals surface area contributed by atoms with Crippen LogP contribution < -0.4 is 0 Å². The van der Waals surface area contributed by atoms with E-state index in [2.05, 4.69) is 26.8 Å². The van der Waals surface area contributed by atoms with Crippen molar-refractivity contribution in [3.8, 4) is 0 Å². The monoisotopic (exact) mass is 254 g/mol. The molecule has 0 aliphatic carbocycles. The Hall–Kier alpha value is -0.920. The second-order valence-electron chi connectivity index (χ2n) is 5.68. The van der Waals surface area contributed by atoms with E-state index in [-0.39, 0.29) is 5.41 Å². The van der Waals surface area contributed by atoms with E-state index in [4.69, 9.17) is 0 Å². The SMILES string of the molecule is CCC(C)(CC)c1cccc(C(C)(CF)CF)c1. The first-order valence-corrected chi connectivity index (χ1v) is 6.68. The van der Waals surface area contributed by atoms with Gasteiger partial charge >= 0.3 is 0 Å². The third-order valence-corrected chi connectivity index (χ3v) is 4.41. The van der Waals surface area contributed by atoms with E-state index in [1.165, 1.54) is 5.56 Å². The molecule has 0 heterocycles. The third kappa shape index (κ3) is 2.73. The molecular formula is C16H24F2. The van der Waals surface area contributed by atoms with Crippen LogP contribution in [-0.2, 0) is 10.8 Å². The van der Waals surface area contributed by atoms with Crippen molar-refractivity contribution in [1.82, 2.24) is 0 Å². The molecule has 0 nitrogen and oxygen atoms in total. The lowest BCUT2D eigenvalue weighted by molar-refractivity contribution is 0.258. The van der Waals surface area contributed by atoms with Gasteiger partial charge in [-0.15, -0.1) is 0 Å². The predicted molar refractivity (Wildman–Crippen MR) is 73.7 cm³/mol. The van der Waals surface area contributed by atoms with E-state index in [1.807, 2.05) is 18.2 Å². The summed E-state index contributed by atoms with van der Waals surface area (Å²) in [5, 5.41) is 0. The molecule has 0 aromatic heterocycles. The summed E-state index contributed by atoms with van der Waals surface area (Å²) in [6, 6.07) is 7.78. The number of hydrogen-bond acceptors (Lipinski definition) is 0. The number of hydrogen-bond donors (Lipinski definition) is 0. The predicted octanol–water partition coefficient (Wildman–Crippen LogP) is 4.96. The summed E-state index contributed by atoms with van der Waals surface area (Å²) in [5.74, 6) is 0. The minimum absolute atomic E-state index is 0.0869. The molecule has 0 spiro atoms. The molecule has 102 valence electrons. The van der Waals surface area contributed by atoms with Crippen LogP contribution in [0.3, 0.4) is 0 Å². The second kappa shape index (κ2) is 5.81. The van der Waals surface area contributed by atoms with Crippen LogP contribution in [0.25, 0.3) is 0 Å². The molecule has 0 radical (unpaired) electrons. The summed E-state index contributed by atoms with van der Waals surface area (Å²) >= 11 is 0. The lowest BCUT2D eigenvalue weighted by Crippen LogP contribution is -2.28. The quantitative estimate of drug-likeness (QED) is 0.673. The Balaban J connectivity index is 3.21. The molecule has 0 fully saturated rings. The van der Waals surface area contributed by atoms with Gasteiger partial charge in [0.2, 0.25) is 0 Å². The van der Waals surface area contributed by atoms with Crippen LogP contribution in [0.5, 0.6) is 0 Å². The van der Waals surface area contributed by atoms with E-state index in [1.54, 1.807) is 6.92 Å². The van der Waals surface area contributed by atoms with Crippen molar-refractivity contribution in [2.24, 2.45) is 0 Å². The summed E-state index contributed by atoms with van der Waals surface area (Å²) in [6.07, 6.45) is 2.05. The summed E-state index contributed by atoms with van der Waals surface area (Å²) in [6.45, 7) is 6.82. The van der Waals surface area contributed by atoms with Gasteiger partial charge in [-0.2, -0.15) is 0 Å². The average molecular weight is 254 g/mol. The zero-order chi connectivity index (χ0) is 13.8. The first-order valence-electron chi connectivity index (χ1n) is 6.68. The zero-order valence-electron chi connectivity index (χ0n) is 11.9. The molecule has 0 saturated carbocycles. The van der Waals surface area contributed by atoms with Gasteiger partial charge in [-0.1, -0.05) is 52.0 Å². The molecule has 0 amide bonds. The Kier molecular flexibility index (Phi) is 4.89. The van der Waals surface area contributed by atoms with Crippen LogP contribution in [-0.4, -0.2) is 13.3 Å². The van der Waals surface area contributed by atoms with E-state index in [9.17, 15) is 8.78 Å². The van der Waals surface area contributed by atoms with Gasteiger partial charge in [-0.25, -0.2) is 0 Å². The molecule has 1 rings (SSSR count). The first kappa shape index (κ1) is 15.1. The number of alkyl halides is 2. The van der Waals surface area contributed by atoms with Gasteiger partial charge in [0.25, 0.3) is 0 Å². The standard InChI is InChI=1S/C16H24F2/c1-5-15(3,6-2)13-8-7-9-14(10-13)16(4,11-17)12-18/h7-10H,5-6,11-12H2,1-4H3. The molecule has 18 heavy (non-hydrogen) atoms. The maximum atomic E-state index is 13.1. The lowest BCUT2D eigenvalue weighted by atomic mass is 9.75. The molecule has 0 N–H and O–H groups in total. The molecule has 1 aromatic carbocycles. The zero-order valence-corrected chi connectivity index (χ0v) is 11.9. The fraction of sp³-hybridized carbons (Fsp3) is 0.625. The van der Waals surface area contributed by atoms with Crippen molar-refractivity contribution in [2.45, 2.75) is 51.4 Å². The fourth-order valence-corrected chi connectivity index (χ4v) is 2.12. The van der Waals surface area contributed by atoms with Crippen LogP contribution >= 0.6 is 0 Å². The van der Waals surface area contributed by atoms with Crippen LogP contribution in [0.2, 0.25) is 0 Å². The smallest absolute Gasteiger partial charge is 0.101 e. The Bertz CT molecular complexity index is 343. The van der Waals surface area contributed by atoms with Gasteiger partial charge in [0.15, 0.2) is 0 Å². The number of benzene rings is 1. The van der Waals surface area contributed by atoms with Crippen molar-refractivity contribution in [1.29, 1.82) is 0 Å². The maximum Gasteiger partial charge on any atom is 0.101 e. The number of halogens is 2. The van der Waals surface area contributed by atoms with Crippen molar-refractivity contribution in [3.63, 3.8) is 0 Å². The van der Waals surface area contributed by atoms with Crippen molar-refractivity contribution >= 4 is 0 Å². The molecule has 0 saturated heterocycles. The fourth-order valence-electron chi connectivity index (χ4n) is 2.12. The Morgan fingerprint density at radius 2 is 1.33 bits per heavy atom. The molecule has 0 aliphatic heterocycles. The Morgan fingerprint density at radius 1 is 0.889 bits per heavy atom. The average Bonchev–Trinajstić information content (AvgIpc) is 2.45. The van der Waals surface area contributed by atoms with Crippen LogP contribution in [0.15, 0.2) is 24.3 Å². The minimum atomic E-state index is -1.00. The normalized spacial score (nSPS) is 12.8. The summed E-state index contributed by atoms with van der Waals surface area (Å²) < 4.78 is 26.2. The van der Waals surface area contributed by atoms with Crippen LogP contribution in [0, 0.1) is 0 Å². The van der Waals surface area contributed by atoms with Crippen molar-refractivity contribution in [3.05, 3.63) is 35.4 Å². The van der Waals surface area contributed by atoms with E-state index >= 15 is 0 Å².